The molecule has 1 aromatic carbocycles. The number of amides is 1. The highest BCUT2D eigenvalue weighted by Gasteiger charge is 2.16. The minimum Gasteiger partial charge on any atom is -0.491 e. The maximum absolute atomic E-state index is 12.2. The van der Waals surface area contributed by atoms with Gasteiger partial charge in [0.05, 0.1) is 12.5 Å². The largest absolute Gasteiger partial charge is 0.491 e. The molecule has 112 valence electrons. The van der Waals surface area contributed by atoms with E-state index in [1.54, 1.807) is 0 Å². The molecule has 1 aliphatic rings. The molecule has 1 aromatic rings. The van der Waals surface area contributed by atoms with Gasteiger partial charge >= 0.3 is 0 Å². The molecule has 1 heterocycles. The highest BCUT2D eigenvalue weighted by atomic mass is 35.5. The number of halogens is 1. The van der Waals surface area contributed by atoms with Gasteiger partial charge in [0.25, 0.3) is 0 Å². The smallest absolute Gasteiger partial charge is 0.227 e. The average Bonchev–Trinajstić information content (AvgIpc) is 2.39. The van der Waals surface area contributed by atoms with Crippen molar-refractivity contribution in [2.45, 2.75) is 26.4 Å². The van der Waals surface area contributed by atoms with Crippen molar-refractivity contribution in [1.29, 1.82) is 0 Å². The number of hydrogen-bond donors (Lipinski definition) is 1. The molecule has 20 heavy (non-hydrogen) atoms. The summed E-state index contributed by atoms with van der Waals surface area (Å²) in [6.45, 7) is 7.39. The Morgan fingerprint density at radius 1 is 1.35 bits per heavy atom. The molecule has 4 nitrogen and oxygen atoms in total. The van der Waals surface area contributed by atoms with Gasteiger partial charge in [0.15, 0.2) is 0 Å². The van der Waals surface area contributed by atoms with Crippen LogP contribution in [0, 0.1) is 0 Å². The number of piperazine rings is 1. The first-order valence-electron chi connectivity index (χ1n) is 6.89. The van der Waals surface area contributed by atoms with Crippen LogP contribution < -0.4 is 10.1 Å². The lowest BCUT2D eigenvalue weighted by molar-refractivity contribution is -0.131. The summed E-state index contributed by atoms with van der Waals surface area (Å²) in [6, 6.07) is 7.81. The van der Waals surface area contributed by atoms with E-state index in [4.69, 9.17) is 4.74 Å². The predicted molar refractivity (Wildman–Crippen MR) is 82.6 cm³/mol. The van der Waals surface area contributed by atoms with Gasteiger partial charge in [-0.05, 0) is 31.5 Å². The summed E-state index contributed by atoms with van der Waals surface area (Å²) in [6.07, 6.45) is 0.606. The van der Waals surface area contributed by atoms with Crippen LogP contribution in [-0.2, 0) is 11.2 Å². The van der Waals surface area contributed by atoms with Gasteiger partial charge in [-0.2, -0.15) is 0 Å². The highest BCUT2D eigenvalue weighted by molar-refractivity contribution is 5.85. The molecule has 1 saturated heterocycles. The second-order valence-corrected chi connectivity index (χ2v) is 5.12. The summed E-state index contributed by atoms with van der Waals surface area (Å²) in [4.78, 5) is 14.1. The van der Waals surface area contributed by atoms with Crippen LogP contribution in [0.25, 0.3) is 0 Å². The summed E-state index contributed by atoms with van der Waals surface area (Å²) >= 11 is 0. The Labute approximate surface area is 126 Å². The van der Waals surface area contributed by atoms with E-state index in [1.165, 1.54) is 0 Å². The van der Waals surface area contributed by atoms with Crippen molar-refractivity contribution in [3.63, 3.8) is 0 Å². The number of nitrogens with zero attached hydrogens (tertiary/aromatic N) is 1. The van der Waals surface area contributed by atoms with Crippen molar-refractivity contribution in [1.82, 2.24) is 10.2 Å². The lowest BCUT2D eigenvalue weighted by Gasteiger charge is -2.27. The van der Waals surface area contributed by atoms with Crippen LogP contribution in [0.1, 0.15) is 19.4 Å². The second-order valence-electron chi connectivity index (χ2n) is 5.12. The number of benzene rings is 1. The van der Waals surface area contributed by atoms with Gasteiger partial charge in [-0.3, -0.25) is 4.79 Å². The Bertz CT molecular complexity index is 432. The maximum atomic E-state index is 12.2. The predicted octanol–water partition coefficient (Wildman–Crippen LogP) is 1.87. The van der Waals surface area contributed by atoms with Crippen LogP contribution in [0.4, 0.5) is 0 Å². The minimum absolute atomic E-state index is 0. The molecule has 0 aromatic heterocycles. The van der Waals surface area contributed by atoms with Gasteiger partial charge in [-0.1, -0.05) is 12.1 Å². The van der Waals surface area contributed by atoms with E-state index >= 15 is 0 Å². The lowest BCUT2D eigenvalue weighted by atomic mass is 10.1. The van der Waals surface area contributed by atoms with Crippen molar-refractivity contribution >= 4 is 18.3 Å². The van der Waals surface area contributed by atoms with Gasteiger partial charge in [-0.25, -0.2) is 0 Å². The normalized spacial score (nSPS) is 14.8. The zero-order valence-electron chi connectivity index (χ0n) is 12.1. The van der Waals surface area contributed by atoms with E-state index in [0.717, 1.165) is 37.5 Å². The van der Waals surface area contributed by atoms with Crippen molar-refractivity contribution in [2.24, 2.45) is 0 Å². The van der Waals surface area contributed by atoms with E-state index in [2.05, 4.69) is 5.32 Å². The number of ether oxygens (including phenoxy) is 1. The molecular formula is C15H23ClN2O2. The summed E-state index contributed by atoms with van der Waals surface area (Å²) in [5.41, 5.74) is 1.02. The number of carbonyl (C=O) groups excluding carboxylic acids is 1. The molecule has 1 aliphatic heterocycles. The highest BCUT2D eigenvalue weighted by Crippen LogP contribution is 2.16. The van der Waals surface area contributed by atoms with Crippen LogP contribution in [0.5, 0.6) is 5.75 Å². The average molecular weight is 299 g/mol. The molecule has 0 saturated carbocycles. The molecular weight excluding hydrogens is 276 g/mol. The number of nitrogens with one attached hydrogen (secondary N) is 1. The fourth-order valence-corrected chi connectivity index (χ4v) is 2.20. The van der Waals surface area contributed by atoms with Crippen molar-refractivity contribution in [2.75, 3.05) is 26.2 Å². The van der Waals surface area contributed by atoms with Gasteiger partial charge in [-0.15, -0.1) is 12.4 Å². The summed E-state index contributed by atoms with van der Waals surface area (Å²) in [5.74, 6) is 1.03. The topological polar surface area (TPSA) is 41.6 Å². The summed E-state index contributed by atoms with van der Waals surface area (Å²) < 4.78 is 5.65. The van der Waals surface area contributed by atoms with Crippen molar-refractivity contribution < 1.29 is 9.53 Å². The van der Waals surface area contributed by atoms with Crippen LogP contribution >= 0.6 is 12.4 Å². The Kier molecular flexibility index (Phi) is 6.82. The number of hydrogen-bond acceptors (Lipinski definition) is 3. The second kappa shape index (κ2) is 8.12. The third kappa shape index (κ3) is 5.02. The zero-order valence-corrected chi connectivity index (χ0v) is 12.9. The Hall–Kier alpha value is -1.26. The molecule has 5 heteroatoms. The molecule has 0 atom stereocenters. The Morgan fingerprint density at radius 3 is 2.70 bits per heavy atom. The summed E-state index contributed by atoms with van der Waals surface area (Å²) in [5, 5.41) is 3.25. The van der Waals surface area contributed by atoms with E-state index < -0.39 is 0 Å². The number of carbonyl (C=O) groups is 1. The molecule has 0 bridgehead atoms. The van der Waals surface area contributed by atoms with Gasteiger partial charge < -0.3 is 15.0 Å². The SMILES string of the molecule is CC(C)Oc1cccc(CC(=O)N2CCNCC2)c1.Cl. The van der Waals surface area contributed by atoms with Gasteiger partial charge in [0.1, 0.15) is 5.75 Å². The molecule has 0 spiro atoms. The van der Waals surface area contributed by atoms with Crippen LogP contribution in [0.2, 0.25) is 0 Å². The van der Waals surface area contributed by atoms with E-state index in [0.29, 0.717) is 6.42 Å². The standard InChI is InChI=1S/C15H22N2O2.ClH/c1-12(2)19-14-5-3-4-13(10-14)11-15(18)17-8-6-16-7-9-17;/h3-5,10,12,16H,6-9,11H2,1-2H3;1H. The monoisotopic (exact) mass is 298 g/mol. The van der Waals surface area contributed by atoms with Crippen LogP contribution in [0.3, 0.4) is 0 Å². The third-order valence-corrected chi connectivity index (χ3v) is 3.10. The van der Waals surface area contributed by atoms with E-state index in [9.17, 15) is 4.79 Å². The van der Waals surface area contributed by atoms with E-state index in [-0.39, 0.29) is 24.4 Å². The first-order chi connectivity index (χ1) is 9.15. The molecule has 2 rings (SSSR count). The molecule has 1 fully saturated rings. The molecule has 1 N–H and O–H groups in total. The maximum Gasteiger partial charge on any atom is 0.227 e. The summed E-state index contributed by atoms with van der Waals surface area (Å²) in [7, 11) is 0. The van der Waals surface area contributed by atoms with Crippen LogP contribution in [0.15, 0.2) is 24.3 Å². The molecule has 1 amide bonds. The van der Waals surface area contributed by atoms with E-state index in [1.807, 2.05) is 43.0 Å². The fourth-order valence-electron chi connectivity index (χ4n) is 2.20. The fraction of sp³-hybridized carbons (Fsp3) is 0.533. The molecule has 0 aliphatic carbocycles. The first kappa shape index (κ1) is 16.8. The Morgan fingerprint density at radius 2 is 2.05 bits per heavy atom. The number of rotatable bonds is 4. The molecule has 0 radical (unpaired) electrons. The zero-order chi connectivity index (χ0) is 13.7. The first-order valence-corrected chi connectivity index (χ1v) is 6.89. The lowest BCUT2D eigenvalue weighted by Crippen LogP contribution is -2.46. The minimum atomic E-state index is 0. The van der Waals surface area contributed by atoms with Gasteiger partial charge in [0.2, 0.25) is 5.91 Å². The molecule has 0 unspecified atom stereocenters. The van der Waals surface area contributed by atoms with Crippen molar-refractivity contribution in [3.8, 4) is 5.75 Å². The van der Waals surface area contributed by atoms with Crippen molar-refractivity contribution in [3.05, 3.63) is 29.8 Å². The quantitative estimate of drug-likeness (QED) is 0.923. The third-order valence-electron chi connectivity index (χ3n) is 3.10. The Balaban J connectivity index is 0.00000200. The van der Waals surface area contributed by atoms with Gasteiger partial charge in [0, 0.05) is 26.2 Å². The van der Waals surface area contributed by atoms with Crippen LogP contribution in [-0.4, -0.2) is 43.1 Å².